The number of aliphatic hydroxyl groups excluding tert-OH is 7. The molecule has 8 N–H and O–H groups in total. The first-order valence-electron chi connectivity index (χ1n) is 41.8. The summed E-state index contributed by atoms with van der Waals surface area (Å²) in [7, 11) is 0. The molecule has 13 rings (SSSR count). The monoisotopic (exact) mass is 1890 g/mol. The molecule has 134 heavy (non-hydrogen) atoms. The van der Waals surface area contributed by atoms with Crippen molar-refractivity contribution < 1.29 is 219 Å². The van der Waals surface area contributed by atoms with Crippen LogP contribution in [0.4, 0.5) is 4.79 Å². The number of carboxylic acids is 3. The summed E-state index contributed by atoms with van der Waals surface area (Å²) in [6, 6.07) is 53.2. The first-order valence-corrected chi connectivity index (χ1v) is 41.8. The van der Waals surface area contributed by atoms with Gasteiger partial charge in [-0.25, -0.2) is 4.79 Å². The van der Waals surface area contributed by atoms with Gasteiger partial charge in [0.15, 0.2) is 37.7 Å². The van der Waals surface area contributed by atoms with E-state index in [0.29, 0.717) is 38.9 Å². The van der Waals surface area contributed by atoms with Crippen molar-refractivity contribution >= 4 is 53.6 Å². The molecule has 0 aliphatic carbocycles. The summed E-state index contributed by atoms with van der Waals surface area (Å²) in [5.41, 5.74) is 34.7. The van der Waals surface area contributed by atoms with Crippen LogP contribution in [0.1, 0.15) is 38.9 Å². The molecular formula is C88H97N10Na3O33-. The number of hydrogen-bond acceptors (Lipinski definition) is 36. The van der Waals surface area contributed by atoms with E-state index in [1.165, 1.54) is 0 Å². The largest absolute Gasteiger partial charge is 1.00 e. The van der Waals surface area contributed by atoms with E-state index in [9.17, 15) is 86.8 Å². The van der Waals surface area contributed by atoms with Crippen LogP contribution >= 0.6 is 0 Å². The second kappa shape index (κ2) is 54.5. The molecule has 6 saturated heterocycles. The Morgan fingerprint density at radius 2 is 0.575 bits per heavy atom. The maximum absolute atomic E-state index is 14.2. The van der Waals surface area contributed by atoms with Gasteiger partial charge in [0.2, 0.25) is 0 Å². The molecule has 6 fully saturated rings. The molecule has 6 aliphatic heterocycles. The zero-order valence-corrected chi connectivity index (χ0v) is 78.8. The maximum atomic E-state index is 14.2. The Morgan fingerprint density at radius 3 is 0.866 bits per heavy atom. The number of nitrogens with one attached hydrogen (secondary N) is 1. The molecule has 0 saturated carbocycles. The van der Waals surface area contributed by atoms with E-state index < -0.39 is 254 Å². The van der Waals surface area contributed by atoms with Crippen LogP contribution in [0.2, 0.25) is 0 Å². The Labute approximate surface area is 832 Å². The molecular weight excluding hydrogens is 1790 g/mol. The molecule has 0 spiro atoms. The first-order chi connectivity index (χ1) is 63.8. The Kier molecular flexibility index (Phi) is 44.0. The molecule has 1 radical (unpaired) electrons. The smallest absolute Gasteiger partial charge is 0.547 e. The van der Waals surface area contributed by atoms with E-state index in [4.69, 9.17) is 90.0 Å². The van der Waals surface area contributed by atoms with Crippen LogP contribution in [0.15, 0.2) is 228 Å². The van der Waals surface area contributed by atoms with Crippen LogP contribution in [0.5, 0.6) is 0 Å². The fraction of sp³-hybridized carbons (Fsp3) is 0.477. The molecule has 6 aliphatic rings. The van der Waals surface area contributed by atoms with Crippen molar-refractivity contribution in [2.75, 3.05) is 33.0 Å². The van der Waals surface area contributed by atoms with E-state index in [0.717, 1.165) is 0 Å². The normalized spacial score (nSPS) is 31.7. The molecule has 0 bridgehead atoms. The van der Waals surface area contributed by atoms with E-state index in [2.05, 4.69) is 35.4 Å². The van der Waals surface area contributed by atoms with Crippen molar-refractivity contribution in [3.05, 3.63) is 283 Å². The molecule has 6 heterocycles. The summed E-state index contributed by atoms with van der Waals surface area (Å²) in [5.74, 6) is -6.10. The van der Waals surface area contributed by atoms with Crippen molar-refractivity contribution in [3.8, 4) is 0 Å². The minimum atomic E-state index is -2.52. The van der Waals surface area contributed by atoms with Crippen LogP contribution in [0, 0.1) is 0 Å². The van der Waals surface area contributed by atoms with Crippen LogP contribution in [0.3, 0.4) is 0 Å². The van der Waals surface area contributed by atoms with Crippen molar-refractivity contribution in [2.45, 2.75) is 230 Å². The number of benzene rings is 7. The Balaban J connectivity index is 0.00000620. The molecule has 1 amide bonds. The SMILES string of the molecule is [N-]=[N+]=N[C@H]1[C@@H](O[C@H]2[C@H](OCc3ccccc3)[C@@H](O)[C@H](OCCNC(=O)OCc3ccccc3)O[C@H]2C(=O)[O-])O[C@H](CO)[C@@H](O[C@@H]2O[C@@H](C(=O)[O-])[C@@H](O[C@H]3O[C@H](CO)[C@@H](O[C@@H]4O[C@@H](C(=O)[O-])[C@@H](O[C@H]5O[C@H](CO)[C@@H](O)[C@H](OCc6ccccc6)[C@H]5N=[N+]=[N-])[C@H](OCc5ccccc5)[C@H]4O)[C@H](OCc4ccccc4)[C@H]3N=[N+]=[N-])[C@H](OCc3ccccc3)[C@H]2O)[C@@H]1OCc1ccccc1.[Na+].[Na+].[Na]. The van der Waals surface area contributed by atoms with Gasteiger partial charge in [0, 0.05) is 50.8 Å². The van der Waals surface area contributed by atoms with Crippen LogP contribution in [-0.2, 0) is 151 Å². The second-order valence-corrected chi connectivity index (χ2v) is 30.9. The minimum absolute atomic E-state index is 0. The van der Waals surface area contributed by atoms with Crippen molar-refractivity contribution in [1.29, 1.82) is 0 Å². The van der Waals surface area contributed by atoms with Gasteiger partial charge >= 0.3 is 65.2 Å². The summed E-state index contributed by atoms with van der Waals surface area (Å²) in [6.07, 6.45) is -55.0. The fourth-order valence-electron chi connectivity index (χ4n) is 15.8. The van der Waals surface area contributed by atoms with E-state index >= 15 is 0 Å². The van der Waals surface area contributed by atoms with Gasteiger partial charge in [-0.3, -0.25) is 0 Å². The summed E-state index contributed by atoms with van der Waals surface area (Å²) in [4.78, 5) is 63.2. The topological polar surface area (TPSA) is 613 Å². The number of hydrogen-bond donors (Lipinski definition) is 8. The molecule has 701 valence electrons. The number of ether oxygens (including phenoxy) is 19. The van der Waals surface area contributed by atoms with Crippen LogP contribution in [-0.4, -0.2) is 306 Å². The zero-order chi connectivity index (χ0) is 92.3. The maximum Gasteiger partial charge on any atom is 1.00 e. The second-order valence-electron chi connectivity index (χ2n) is 30.9. The zero-order valence-electron chi connectivity index (χ0n) is 72.8. The average molecular weight is 1890 g/mol. The number of aliphatic carboxylic acids is 3. The predicted octanol–water partition coefficient (Wildman–Crippen LogP) is -4.95. The first kappa shape index (κ1) is 108. The number of carboxylic acid groups (broad SMARTS) is 3. The average Bonchev–Trinajstić information content (AvgIpc) is 0.759. The van der Waals surface area contributed by atoms with Crippen molar-refractivity contribution in [1.82, 2.24) is 5.32 Å². The molecule has 46 heteroatoms. The number of nitrogens with zero attached hydrogens (tertiary/aromatic N) is 9. The number of carbonyl (C=O) groups excluding carboxylic acids is 4. The predicted molar refractivity (Wildman–Crippen MR) is 442 cm³/mol. The Morgan fingerprint density at radius 1 is 0.321 bits per heavy atom. The number of carbonyl (C=O) groups is 4. The van der Waals surface area contributed by atoms with Gasteiger partial charge in [0.25, 0.3) is 0 Å². The Hall–Kier alpha value is -7.85. The fourth-order valence-corrected chi connectivity index (χ4v) is 15.8. The van der Waals surface area contributed by atoms with Gasteiger partial charge in [0.1, 0.15) is 147 Å². The number of azide groups is 3. The third kappa shape index (κ3) is 28.5. The quantitative estimate of drug-likeness (QED) is 0.00584. The van der Waals surface area contributed by atoms with Gasteiger partial charge < -0.3 is 161 Å². The number of alkyl carbamates (subject to hydrolysis) is 1. The number of aliphatic hydroxyl groups is 7. The van der Waals surface area contributed by atoms with Crippen molar-refractivity contribution in [2.24, 2.45) is 15.3 Å². The molecule has 7 aromatic carbocycles. The van der Waals surface area contributed by atoms with Gasteiger partial charge in [-0.1, -0.05) is 228 Å². The van der Waals surface area contributed by atoms with Crippen LogP contribution in [0.25, 0.3) is 31.3 Å². The standard InChI is InChI=1S/C88H100N10O33.3Na/c89-96-93-58-67(114-41-48-22-8-1-9-23-48)61(102)55(38-99)121-82(58)126-74-71(118-45-52-30-16-5-17-31-52)63(104)86(130-77(74)80(108)109)124-66-57(40-101)123-84(60(95-98-91)69(66)116-43-50-26-12-3-13-27-50)128-75-72(119-46-53-32-18-6-19-33-53)64(105)87(131-78(75)81(110)111)125-65-56(39-100)122-83(59(94-97-90)68(65)115-42-49-24-10-2-11-25-49)127-73-70(117-44-51-28-14-4-15-29-51)62(103)85(129-76(73)79(106)107)113-37-36-92-88(112)120-47-54-34-20-7-21-35-54;;;/h1-35,55-78,82-87,99-105H,36-47H2,(H,92,112)(H,106,107)(H,108,109)(H,110,111);;;/q;;2*+1/p-3/t55-,56-,57-,58-,59-,60-,61-,62-,63-,64-,65-,66-,67-,68-,69-,70-,71-,72-,73+,74+,75+,76-,77-,78-,82-,83-,84-,85-,86-,87-;;;/m1.../s1. The van der Waals surface area contributed by atoms with E-state index in [1.807, 2.05) is 0 Å². The van der Waals surface area contributed by atoms with Gasteiger partial charge in [0.05, 0.1) is 90.1 Å². The summed E-state index contributed by atoms with van der Waals surface area (Å²) >= 11 is 0. The molecule has 43 nitrogen and oxygen atoms in total. The van der Waals surface area contributed by atoms with E-state index in [-0.39, 0.29) is 122 Å². The van der Waals surface area contributed by atoms with E-state index in [1.54, 1.807) is 212 Å². The molecule has 7 aromatic rings. The summed E-state index contributed by atoms with van der Waals surface area (Å²) < 4.78 is 119. The van der Waals surface area contributed by atoms with Gasteiger partial charge in [-0.15, -0.1) is 0 Å². The van der Waals surface area contributed by atoms with Gasteiger partial charge in [-0.05, 0) is 55.5 Å². The molecule has 30 atom stereocenters. The minimum Gasteiger partial charge on any atom is -0.547 e. The molecule has 0 aromatic heterocycles. The summed E-state index contributed by atoms with van der Waals surface area (Å²) in [5, 5.41) is 139. The third-order valence-electron chi connectivity index (χ3n) is 22.3. The third-order valence-corrected chi connectivity index (χ3v) is 22.3. The molecule has 0 unspecified atom stereocenters. The number of rotatable bonds is 43. The van der Waals surface area contributed by atoms with Crippen molar-refractivity contribution in [3.63, 3.8) is 0 Å². The Bertz CT molecular complexity index is 4890. The number of amides is 1. The van der Waals surface area contributed by atoms with Crippen LogP contribution < -0.4 is 79.8 Å². The summed E-state index contributed by atoms with van der Waals surface area (Å²) in [6.45, 7) is -6.03. The van der Waals surface area contributed by atoms with Gasteiger partial charge in [-0.2, -0.15) is 0 Å².